The van der Waals surface area contributed by atoms with Gasteiger partial charge in [0.2, 0.25) is 0 Å². The fraction of sp³-hybridized carbons (Fsp3) is 0.412. The zero-order valence-corrected chi connectivity index (χ0v) is 14.3. The van der Waals surface area contributed by atoms with E-state index in [1.807, 2.05) is 4.57 Å². The number of aryl methyl sites for hydroxylation is 1. The standard InChI is InChI=1S/C17H18N4O2S/c1-24(23)13-8-6-12(7-9-13)16(22)14(11-18)17-20-19-15-5-3-2-4-10-21(15)17/h6-9,14H,2-5,10H2,1H3/t14-,24+/m1/s1. The van der Waals surface area contributed by atoms with E-state index in [9.17, 15) is 14.3 Å². The van der Waals surface area contributed by atoms with Crippen LogP contribution in [-0.2, 0) is 23.8 Å². The minimum atomic E-state index is -1.10. The minimum absolute atomic E-state index is 0.301. The second-order valence-electron chi connectivity index (χ2n) is 5.84. The van der Waals surface area contributed by atoms with Crippen LogP contribution in [0.4, 0.5) is 0 Å². The maximum atomic E-state index is 12.7. The van der Waals surface area contributed by atoms with Gasteiger partial charge in [-0.2, -0.15) is 5.26 Å². The highest BCUT2D eigenvalue weighted by molar-refractivity contribution is 7.84. The second-order valence-corrected chi connectivity index (χ2v) is 7.22. The molecular formula is C17H18N4O2S. The van der Waals surface area contributed by atoms with E-state index >= 15 is 0 Å². The Balaban J connectivity index is 1.92. The summed E-state index contributed by atoms with van der Waals surface area (Å²) in [4.78, 5) is 13.4. The number of aromatic nitrogens is 3. The molecule has 1 aromatic carbocycles. The molecule has 0 unspecified atom stereocenters. The molecule has 1 aliphatic rings. The first-order valence-corrected chi connectivity index (χ1v) is 9.47. The predicted molar refractivity (Wildman–Crippen MR) is 89.0 cm³/mol. The number of carbonyl (C=O) groups excluding carboxylic acids is 1. The quantitative estimate of drug-likeness (QED) is 0.795. The maximum absolute atomic E-state index is 12.7. The van der Waals surface area contributed by atoms with Crippen LogP contribution < -0.4 is 0 Å². The molecular weight excluding hydrogens is 324 g/mol. The van der Waals surface area contributed by atoms with E-state index in [0.29, 0.717) is 16.3 Å². The lowest BCUT2D eigenvalue weighted by Crippen LogP contribution is -2.17. The fourth-order valence-corrected chi connectivity index (χ4v) is 3.45. The summed E-state index contributed by atoms with van der Waals surface area (Å²) in [7, 11) is -1.10. The lowest BCUT2D eigenvalue weighted by atomic mass is 9.98. The van der Waals surface area contributed by atoms with Crippen LogP contribution in [0.1, 0.15) is 47.2 Å². The number of nitriles is 1. The molecule has 3 rings (SSSR count). The molecule has 2 atom stereocenters. The number of hydrogen-bond donors (Lipinski definition) is 0. The summed E-state index contributed by atoms with van der Waals surface area (Å²) in [5, 5.41) is 17.8. The van der Waals surface area contributed by atoms with E-state index in [1.54, 1.807) is 30.5 Å². The van der Waals surface area contributed by atoms with Crippen LogP contribution in [0.15, 0.2) is 29.2 Å². The van der Waals surface area contributed by atoms with E-state index in [2.05, 4.69) is 16.3 Å². The predicted octanol–water partition coefficient (Wildman–Crippen LogP) is 2.23. The summed E-state index contributed by atoms with van der Waals surface area (Å²) in [5.41, 5.74) is 0.418. The molecule has 7 heteroatoms. The van der Waals surface area contributed by atoms with Crippen LogP contribution in [0.25, 0.3) is 0 Å². The van der Waals surface area contributed by atoms with Crippen molar-refractivity contribution in [3.63, 3.8) is 0 Å². The van der Waals surface area contributed by atoms with Gasteiger partial charge >= 0.3 is 0 Å². The average Bonchev–Trinajstić information content (AvgIpc) is 2.84. The van der Waals surface area contributed by atoms with Crippen LogP contribution in [0.5, 0.6) is 0 Å². The van der Waals surface area contributed by atoms with Crippen molar-refractivity contribution in [3.8, 4) is 6.07 Å². The average molecular weight is 342 g/mol. The molecule has 0 saturated heterocycles. The lowest BCUT2D eigenvalue weighted by Gasteiger charge is -2.11. The molecule has 0 saturated carbocycles. The molecule has 0 radical (unpaired) electrons. The van der Waals surface area contributed by atoms with Crippen LogP contribution in [0, 0.1) is 11.3 Å². The molecule has 2 aromatic rings. The summed E-state index contributed by atoms with van der Waals surface area (Å²) >= 11 is 0. The maximum Gasteiger partial charge on any atom is 0.187 e. The highest BCUT2D eigenvalue weighted by Crippen LogP contribution is 2.23. The van der Waals surface area contributed by atoms with Crippen molar-refractivity contribution in [1.29, 1.82) is 5.26 Å². The third-order valence-electron chi connectivity index (χ3n) is 4.26. The molecule has 24 heavy (non-hydrogen) atoms. The molecule has 0 bridgehead atoms. The highest BCUT2D eigenvalue weighted by atomic mass is 32.2. The van der Waals surface area contributed by atoms with E-state index in [4.69, 9.17) is 0 Å². The van der Waals surface area contributed by atoms with Crippen molar-refractivity contribution >= 4 is 16.6 Å². The highest BCUT2D eigenvalue weighted by Gasteiger charge is 2.29. The molecule has 6 nitrogen and oxygen atoms in total. The van der Waals surface area contributed by atoms with Gasteiger partial charge in [-0.15, -0.1) is 10.2 Å². The Bertz CT molecular complexity index is 820. The smallest absolute Gasteiger partial charge is 0.187 e. The Morgan fingerprint density at radius 1 is 1.25 bits per heavy atom. The van der Waals surface area contributed by atoms with E-state index in [-0.39, 0.29) is 5.78 Å². The first kappa shape index (κ1) is 16.5. The number of Topliss-reactive ketones (excluding diaryl/α,β-unsaturated/α-hetero) is 1. The molecule has 0 amide bonds. The van der Waals surface area contributed by atoms with Crippen molar-refractivity contribution < 1.29 is 9.00 Å². The first-order valence-electron chi connectivity index (χ1n) is 7.91. The Labute approximate surface area is 143 Å². The van der Waals surface area contributed by atoms with Gasteiger partial charge in [0, 0.05) is 40.5 Å². The van der Waals surface area contributed by atoms with Gasteiger partial charge in [-0.3, -0.25) is 9.00 Å². The van der Waals surface area contributed by atoms with Gasteiger partial charge < -0.3 is 4.57 Å². The Morgan fingerprint density at radius 2 is 2.00 bits per heavy atom. The Morgan fingerprint density at radius 3 is 2.67 bits per heavy atom. The van der Waals surface area contributed by atoms with Crippen molar-refractivity contribution in [3.05, 3.63) is 41.5 Å². The fourth-order valence-electron chi connectivity index (χ4n) is 2.93. The van der Waals surface area contributed by atoms with Crippen molar-refractivity contribution in [2.45, 2.75) is 43.0 Å². The number of ketones is 1. The molecule has 124 valence electrons. The van der Waals surface area contributed by atoms with Crippen molar-refractivity contribution in [1.82, 2.24) is 14.8 Å². The largest absolute Gasteiger partial charge is 0.313 e. The van der Waals surface area contributed by atoms with Crippen molar-refractivity contribution in [2.24, 2.45) is 0 Å². The van der Waals surface area contributed by atoms with Gasteiger partial charge in [0.15, 0.2) is 17.5 Å². The number of benzene rings is 1. The molecule has 0 N–H and O–H groups in total. The lowest BCUT2D eigenvalue weighted by molar-refractivity contribution is 0.0974. The first-order chi connectivity index (χ1) is 11.6. The molecule has 0 spiro atoms. The summed E-state index contributed by atoms with van der Waals surface area (Å²) < 4.78 is 13.4. The van der Waals surface area contributed by atoms with Gasteiger partial charge in [0.25, 0.3) is 0 Å². The topological polar surface area (TPSA) is 88.6 Å². The van der Waals surface area contributed by atoms with Crippen LogP contribution in [0.3, 0.4) is 0 Å². The van der Waals surface area contributed by atoms with Gasteiger partial charge in [0.1, 0.15) is 5.82 Å². The number of carbonyl (C=O) groups is 1. The molecule has 0 aliphatic carbocycles. The second kappa shape index (κ2) is 7.05. The van der Waals surface area contributed by atoms with E-state index < -0.39 is 16.7 Å². The number of hydrogen-bond acceptors (Lipinski definition) is 5. The van der Waals surface area contributed by atoms with E-state index in [0.717, 1.165) is 38.1 Å². The Kier molecular flexibility index (Phi) is 4.86. The van der Waals surface area contributed by atoms with Gasteiger partial charge in [-0.05, 0) is 25.0 Å². The molecule has 2 heterocycles. The van der Waals surface area contributed by atoms with Gasteiger partial charge in [-0.25, -0.2) is 0 Å². The zero-order chi connectivity index (χ0) is 17.1. The third-order valence-corrected chi connectivity index (χ3v) is 5.19. The summed E-state index contributed by atoms with van der Waals surface area (Å²) in [5.74, 6) is 0.0162. The SMILES string of the molecule is C[S@](=O)c1ccc(C(=O)[C@@H](C#N)c2nnc3n2CCCCC3)cc1. The van der Waals surface area contributed by atoms with Gasteiger partial charge in [-0.1, -0.05) is 18.6 Å². The van der Waals surface area contributed by atoms with E-state index in [1.165, 1.54) is 0 Å². The molecule has 1 aromatic heterocycles. The summed E-state index contributed by atoms with van der Waals surface area (Å²) in [6.07, 6.45) is 5.58. The normalized spacial score (nSPS) is 16.5. The molecule has 0 fully saturated rings. The van der Waals surface area contributed by atoms with Gasteiger partial charge in [0.05, 0.1) is 6.07 Å². The molecule has 1 aliphatic heterocycles. The summed E-state index contributed by atoms with van der Waals surface area (Å²) in [6.45, 7) is 0.747. The third kappa shape index (κ3) is 3.15. The van der Waals surface area contributed by atoms with Crippen molar-refractivity contribution in [2.75, 3.05) is 6.26 Å². The van der Waals surface area contributed by atoms with Crippen LogP contribution in [-0.4, -0.2) is 31.0 Å². The minimum Gasteiger partial charge on any atom is -0.313 e. The van der Waals surface area contributed by atoms with Crippen LogP contribution >= 0.6 is 0 Å². The Hall–Kier alpha value is -2.33. The number of fused-ring (bicyclic) bond motifs is 1. The monoisotopic (exact) mass is 342 g/mol. The number of rotatable bonds is 4. The van der Waals surface area contributed by atoms with Crippen LogP contribution in [0.2, 0.25) is 0 Å². The summed E-state index contributed by atoms with van der Waals surface area (Å²) in [6, 6.07) is 8.62. The number of nitrogens with zero attached hydrogens (tertiary/aromatic N) is 4. The zero-order valence-electron chi connectivity index (χ0n) is 13.4.